The number of carbonyl (C=O) groups is 2. The molecular formula is C17H23BrN4O2S. The van der Waals surface area contributed by atoms with Crippen molar-refractivity contribution in [1.29, 1.82) is 5.26 Å². The number of nitriles is 1. The molecule has 8 heteroatoms. The van der Waals surface area contributed by atoms with Crippen molar-refractivity contribution in [2.75, 3.05) is 26.2 Å². The van der Waals surface area contributed by atoms with Gasteiger partial charge in [-0.1, -0.05) is 13.8 Å². The van der Waals surface area contributed by atoms with Crippen molar-refractivity contribution in [2.45, 2.75) is 32.9 Å². The van der Waals surface area contributed by atoms with Crippen LogP contribution in [-0.4, -0.2) is 59.9 Å². The first-order valence-corrected chi connectivity index (χ1v) is 9.93. The number of hydrogen-bond acceptors (Lipinski definition) is 5. The van der Waals surface area contributed by atoms with Gasteiger partial charge in [-0.05, 0) is 40.9 Å². The van der Waals surface area contributed by atoms with E-state index in [1.54, 1.807) is 17.9 Å². The molecule has 0 spiro atoms. The molecule has 25 heavy (non-hydrogen) atoms. The lowest BCUT2D eigenvalue weighted by atomic mass is 10.0. The molecule has 2 heterocycles. The van der Waals surface area contributed by atoms with E-state index >= 15 is 0 Å². The summed E-state index contributed by atoms with van der Waals surface area (Å²) in [5.41, 5.74) is 0. The monoisotopic (exact) mass is 426 g/mol. The lowest BCUT2D eigenvalue weighted by molar-refractivity contribution is -0.134. The summed E-state index contributed by atoms with van der Waals surface area (Å²) in [6, 6.07) is 5.20. The Labute approximate surface area is 160 Å². The van der Waals surface area contributed by atoms with Crippen LogP contribution >= 0.6 is 27.3 Å². The number of nitrogens with zero attached hydrogens (tertiary/aromatic N) is 3. The molecule has 1 aliphatic heterocycles. The Kier molecular flexibility index (Phi) is 6.99. The van der Waals surface area contributed by atoms with Gasteiger partial charge >= 0.3 is 0 Å². The average molecular weight is 427 g/mol. The van der Waals surface area contributed by atoms with Gasteiger partial charge in [-0.15, -0.1) is 11.3 Å². The maximum Gasteiger partial charge on any atom is 0.262 e. The van der Waals surface area contributed by atoms with Gasteiger partial charge in [-0.3, -0.25) is 14.5 Å². The molecule has 1 fully saturated rings. The minimum absolute atomic E-state index is 0.0818. The molecular weight excluding hydrogens is 404 g/mol. The van der Waals surface area contributed by atoms with Crippen molar-refractivity contribution in [3.05, 3.63) is 20.8 Å². The van der Waals surface area contributed by atoms with Crippen molar-refractivity contribution in [2.24, 2.45) is 5.92 Å². The average Bonchev–Trinajstić information content (AvgIpc) is 3.01. The van der Waals surface area contributed by atoms with Gasteiger partial charge in [0.1, 0.15) is 12.1 Å². The second kappa shape index (κ2) is 8.79. The zero-order valence-corrected chi connectivity index (χ0v) is 17.1. The fraction of sp³-hybridized carbons (Fsp3) is 0.588. The highest BCUT2D eigenvalue weighted by molar-refractivity contribution is 9.11. The van der Waals surface area contributed by atoms with E-state index in [0.29, 0.717) is 31.1 Å². The number of nitrogens with one attached hydrogen (secondary N) is 1. The Balaban J connectivity index is 1.87. The van der Waals surface area contributed by atoms with Crippen LogP contribution in [0.4, 0.5) is 0 Å². The van der Waals surface area contributed by atoms with Crippen LogP contribution in [0.3, 0.4) is 0 Å². The Bertz CT molecular complexity index is 662. The largest absolute Gasteiger partial charge is 0.340 e. The van der Waals surface area contributed by atoms with Crippen molar-refractivity contribution in [1.82, 2.24) is 15.1 Å². The molecule has 2 amide bonds. The summed E-state index contributed by atoms with van der Waals surface area (Å²) >= 11 is 4.66. The highest BCUT2D eigenvalue weighted by atomic mass is 79.9. The van der Waals surface area contributed by atoms with Crippen molar-refractivity contribution >= 4 is 39.1 Å². The smallest absolute Gasteiger partial charge is 0.262 e. The molecule has 2 atom stereocenters. The highest BCUT2D eigenvalue weighted by Crippen LogP contribution is 2.22. The van der Waals surface area contributed by atoms with E-state index in [4.69, 9.17) is 0 Å². The molecule has 0 radical (unpaired) electrons. The van der Waals surface area contributed by atoms with Gasteiger partial charge in [0, 0.05) is 26.2 Å². The fourth-order valence-corrected chi connectivity index (χ4v) is 4.20. The van der Waals surface area contributed by atoms with Crippen LogP contribution in [0.25, 0.3) is 0 Å². The minimum Gasteiger partial charge on any atom is -0.340 e. The van der Waals surface area contributed by atoms with Crippen LogP contribution in [0.15, 0.2) is 15.9 Å². The molecule has 1 aromatic rings. The molecule has 2 rings (SSSR count). The number of rotatable bonds is 5. The standard InChI is InChI=1S/C17H23BrN4O2S/c1-11(2)13(10-19)21-6-8-22(9-7-21)17(24)12(3)20-16(23)14-4-5-15(18)25-14/h4-5,11-13H,6-9H2,1-3H3,(H,20,23). The van der Waals surface area contributed by atoms with E-state index < -0.39 is 6.04 Å². The Hall–Kier alpha value is -1.43. The molecule has 6 nitrogen and oxygen atoms in total. The number of amides is 2. The topological polar surface area (TPSA) is 76.4 Å². The second-order valence-corrected chi connectivity index (χ2v) is 8.94. The van der Waals surface area contributed by atoms with Crippen LogP contribution in [-0.2, 0) is 4.79 Å². The SMILES string of the molecule is CC(NC(=O)c1ccc(Br)s1)C(=O)N1CCN(C(C#N)C(C)C)CC1. The van der Waals surface area contributed by atoms with Crippen molar-refractivity contribution in [3.63, 3.8) is 0 Å². The number of hydrogen-bond donors (Lipinski definition) is 1. The van der Waals surface area contributed by atoms with Gasteiger partial charge in [-0.25, -0.2) is 0 Å². The summed E-state index contributed by atoms with van der Waals surface area (Å²) in [5.74, 6) is -0.0585. The molecule has 136 valence electrons. The molecule has 1 saturated heterocycles. The minimum atomic E-state index is -0.572. The Morgan fingerprint density at radius 2 is 1.88 bits per heavy atom. The number of piperazine rings is 1. The first-order valence-electron chi connectivity index (χ1n) is 8.32. The lowest BCUT2D eigenvalue weighted by Gasteiger charge is -2.39. The second-order valence-electron chi connectivity index (χ2n) is 6.48. The van der Waals surface area contributed by atoms with E-state index in [1.165, 1.54) is 11.3 Å². The van der Waals surface area contributed by atoms with Gasteiger partial charge in [0.05, 0.1) is 14.7 Å². The van der Waals surface area contributed by atoms with Crippen LogP contribution < -0.4 is 5.32 Å². The Morgan fingerprint density at radius 3 is 2.36 bits per heavy atom. The van der Waals surface area contributed by atoms with E-state index in [1.807, 2.05) is 19.9 Å². The first-order chi connectivity index (χ1) is 11.8. The molecule has 1 N–H and O–H groups in total. The van der Waals surface area contributed by atoms with Gasteiger partial charge in [0.25, 0.3) is 5.91 Å². The first kappa shape index (κ1) is 19.9. The van der Waals surface area contributed by atoms with E-state index in [0.717, 1.165) is 3.79 Å². The Morgan fingerprint density at radius 1 is 1.24 bits per heavy atom. The summed E-state index contributed by atoms with van der Waals surface area (Å²) < 4.78 is 0.880. The molecule has 1 aromatic heterocycles. The summed E-state index contributed by atoms with van der Waals surface area (Å²) in [4.78, 5) is 29.2. The third-order valence-corrected chi connectivity index (χ3v) is 5.92. The molecule has 0 saturated carbocycles. The zero-order chi connectivity index (χ0) is 18.6. The summed E-state index contributed by atoms with van der Waals surface area (Å²) in [5, 5.41) is 12.1. The zero-order valence-electron chi connectivity index (χ0n) is 14.7. The lowest BCUT2D eigenvalue weighted by Crippen LogP contribution is -2.56. The van der Waals surface area contributed by atoms with Crippen molar-refractivity contribution < 1.29 is 9.59 Å². The molecule has 0 aromatic carbocycles. The maximum atomic E-state index is 12.6. The molecule has 1 aliphatic rings. The molecule has 2 unspecified atom stereocenters. The van der Waals surface area contributed by atoms with Crippen LogP contribution in [0.5, 0.6) is 0 Å². The highest BCUT2D eigenvalue weighted by Gasteiger charge is 2.30. The number of thiophene rings is 1. The van der Waals surface area contributed by atoms with E-state index in [9.17, 15) is 14.9 Å². The van der Waals surface area contributed by atoms with Gasteiger partial charge in [0.2, 0.25) is 5.91 Å². The number of halogens is 1. The summed E-state index contributed by atoms with van der Waals surface area (Å²) in [7, 11) is 0. The third-order valence-electron chi connectivity index (χ3n) is 4.30. The van der Waals surface area contributed by atoms with Crippen LogP contribution in [0, 0.1) is 17.2 Å². The molecule has 0 aliphatic carbocycles. The predicted molar refractivity (Wildman–Crippen MR) is 101 cm³/mol. The van der Waals surface area contributed by atoms with Crippen LogP contribution in [0.1, 0.15) is 30.4 Å². The van der Waals surface area contributed by atoms with Crippen molar-refractivity contribution in [3.8, 4) is 6.07 Å². The van der Waals surface area contributed by atoms with Gasteiger partial charge in [0.15, 0.2) is 0 Å². The van der Waals surface area contributed by atoms with Gasteiger partial charge < -0.3 is 10.2 Å². The third kappa shape index (κ3) is 5.03. The van der Waals surface area contributed by atoms with Crippen LogP contribution in [0.2, 0.25) is 0 Å². The summed E-state index contributed by atoms with van der Waals surface area (Å²) in [6.45, 7) is 8.30. The van der Waals surface area contributed by atoms with E-state index in [-0.39, 0.29) is 23.8 Å². The van der Waals surface area contributed by atoms with E-state index in [2.05, 4.69) is 32.2 Å². The summed E-state index contributed by atoms with van der Waals surface area (Å²) in [6.07, 6.45) is 0. The maximum absolute atomic E-state index is 12.6. The molecule has 0 bridgehead atoms. The quantitative estimate of drug-likeness (QED) is 0.783. The predicted octanol–water partition coefficient (Wildman–Crippen LogP) is 2.32. The number of carbonyl (C=O) groups excluding carboxylic acids is 2. The van der Waals surface area contributed by atoms with Gasteiger partial charge in [-0.2, -0.15) is 5.26 Å². The fourth-order valence-electron chi connectivity index (χ4n) is 2.91. The normalized spacial score (nSPS) is 17.8.